The number of aliphatic carboxylic acids is 1. The van der Waals surface area contributed by atoms with Crippen LogP contribution in [0.25, 0.3) is 0 Å². The highest BCUT2D eigenvalue weighted by molar-refractivity contribution is 5.76. The Morgan fingerprint density at radius 1 is 1.42 bits per heavy atom. The van der Waals surface area contributed by atoms with E-state index >= 15 is 0 Å². The van der Waals surface area contributed by atoms with Crippen LogP contribution in [0.3, 0.4) is 0 Å². The average molecular weight is 272 g/mol. The summed E-state index contributed by atoms with van der Waals surface area (Å²) in [5.74, 6) is -0.841. The minimum Gasteiger partial charge on any atom is -0.481 e. The van der Waals surface area contributed by atoms with Crippen molar-refractivity contribution in [1.82, 2.24) is 9.80 Å². The van der Waals surface area contributed by atoms with E-state index in [0.717, 1.165) is 0 Å². The van der Waals surface area contributed by atoms with E-state index in [9.17, 15) is 14.7 Å². The van der Waals surface area contributed by atoms with E-state index in [1.165, 1.54) is 0 Å². The fourth-order valence-electron chi connectivity index (χ4n) is 2.28. The van der Waals surface area contributed by atoms with Crippen LogP contribution in [0, 0.1) is 5.92 Å². The van der Waals surface area contributed by atoms with E-state index in [2.05, 4.69) is 0 Å². The van der Waals surface area contributed by atoms with Crippen LogP contribution in [0.5, 0.6) is 0 Å². The molecule has 2 amide bonds. The van der Waals surface area contributed by atoms with E-state index in [1.807, 2.05) is 20.8 Å². The van der Waals surface area contributed by atoms with Crippen molar-refractivity contribution in [1.29, 1.82) is 0 Å². The number of urea groups is 1. The van der Waals surface area contributed by atoms with Gasteiger partial charge in [0.25, 0.3) is 0 Å². The van der Waals surface area contributed by atoms with Crippen LogP contribution in [-0.4, -0.2) is 63.8 Å². The zero-order valence-electron chi connectivity index (χ0n) is 11.9. The number of carboxylic acids is 1. The molecule has 0 spiro atoms. The molecule has 0 aliphatic carbocycles. The van der Waals surface area contributed by atoms with Gasteiger partial charge in [-0.2, -0.15) is 0 Å². The second-order valence-electron chi connectivity index (χ2n) is 5.49. The lowest BCUT2D eigenvalue weighted by molar-refractivity contribution is -0.137. The van der Waals surface area contributed by atoms with Crippen molar-refractivity contribution in [2.24, 2.45) is 5.92 Å². The van der Waals surface area contributed by atoms with Gasteiger partial charge >= 0.3 is 12.0 Å². The molecule has 1 heterocycles. The Balaban J connectivity index is 2.63. The Kier molecular flexibility index (Phi) is 5.60. The minimum atomic E-state index is -0.902. The van der Waals surface area contributed by atoms with Gasteiger partial charge < -0.3 is 20.0 Å². The third-order valence-corrected chi connectivity index (χ3v) is 3.57. The van der Waals surface area contributed by atoms with Crippen molar-refractivity contribution in [3.8, 4) is 0 Å². The first kappa shape index (κ1) is 15.8. The number of hydrogen-bond acceptors (Lipinski definition) is 3. The predicted molar refractivity (Wildman–Crippen MR) is 70.9 cm³/mol. The molecule has 2 unspecified atom stereocenters. The molecule has 0 aromatic rings. The van der Waals surface area contributed by atoms with Gasteiger partial charge in [-0.05, 0) is 26.2 Å². The molecule has 6 nitrogen and oxygen atoms in total. The van der Waals surface area contributed by atoms with Crippen molar-refractivity contribution in [2.45, 2.75) is 45.8 Å². The number of carboxylic acid groups (broad SMARTS) is 1. The van der Waals surface area contributed by atoms with Crippen LogP contribution in [0.15, 0.2) is 0 Å². The molecule has 0 aromatic heterocycles. The van der Waals surface area contributed by atoms with Crippen LogP contribution in [0.4, 0.5) is 4.79 Å². The van der Waals surface area contributed by atoms with Crippen molar-refractivity contribution in [3.63, 3.8) is 0 Å². The number of carbonyl (C=O) groups is 2. The molecule has 110 valence electrons. The van der Waals surface area contributed by atoms with Gasteiger partial charge in [0.1, 0.15) is 0 Å². The van der Waals surface area contributed by atoms with Gasteiger partial charge in [0, 0.05) is 25.7 Å². The summed E-state index contributed by atoms with van der Waals surface area (Å²) in [6.07, 6.45) is 0.184. The van der Waals surface area contributed by atoms with Gasteiger partial charge in [-0.25, -0.2) is 4.79 Å². The fourth-order valence-corrected chi connectivity index (χ4v) is 2.28. The first-order valence-electron chi connectivity index (χ1n) is 6.78. The van der Waals surface area contributed by atoms with Gasteiger partial charge in [0.2, 0.25) is 0 Å². The number of likely N-dealkylation sites (tertiary alicyclic amines) is 1. The van der Waals surface area contributed by atoms with Crippen molar-refractivity contribution in [3.05, 3.63) is 0 Å². The summed E-state index contributed by atoms with van der Waals surface area (Å²) in [5.41, 5.74) is 0. The van der Waals surface area contributed by atoms with Crippen LogP contribution in [0.2, 0.25) is 0 Å². The summed E-state index contributed by atoms with van der Waals surface area (Å²) in [4.78, 5) is 26.3. The summed E-state index contributed by atoms with van der Waals surface area (Å²) in [5, 5.41) is 18.4. The number of hydrogen-bond donors (Lipinski definition) is 2. The third-order valence-electron chi connectivity index (χ3n) is 3.57. The normalized spacial score (nSPS) is 23.5. The second-order valence-corrected chi connectivity index (χ2v) is 5.49. The summed E-state index contributed by atoms with van der Waals surface area (Å²) in [7, 11) is 0. The molecular formula is C13H24N2O4. The maximum Gasteiger partial charge on any atom is 0.320 e. The van der Waals surface area contributed by atoms with E-state index in [4.69, 9.17) is 5.11 Å². The van der Waals surface area contributed by atoms with Gasteiger partial charge in [0.15, 0.2) is 0 Å². The molecule has 1 aliphatic heterocycles. The van der Waals surface area contributed by atoms with Crippen molar-refractivity contribution < 1.29 is 19.8 Å². The second kappa shape index (κ2) is 6.75. The lowest BCUT2D eigenvalue weighted by Gasteiger charge is -2.38. The van der Waals surface area contributed by atoms with Crippen LogP contribution >= 0.6 is 0 Å². The Morgan fingerprint density at radius 2 is 2.05 bits per heavy atom. The molecular weight excluding hydrogens is 248 g/mol. The van der Waals surface area contributed by atoms with Gasteiger partial charge in [-0.3, -0.25) is 4.79 Å². The summed E-state index contributed by atoms with van der Waals surface area (Å²) < 4.78 is 0. The maximum absolute atomic E-state index is 12.4. The number of piperidine rings is 1. The quantitative estimate of drug-likeness (QED) is 0.800. The number of nitrogens with zero attached hydrogens (tertiary/aromatic N) is 2. The summed E-state index contributed by atoms with van der Waals surface area (Å²) in [6.45, 7) is 6.95. The van der Waals surface area contributed by atoms with Crippen LogP contribution in [-0.2, 0) is 4.79 Å². The third kappa shape index (κ3) is 4.38. The number of rotatable bonds is 4. The van der Waals surface area contributed by atoms with Crippen LogP contribution < -0.4 is 0 Å². The highest BCUT2D eigenvalue weighted by atomic mass is 16.4. The SMILES string of the molecule is CC1CN(C(=O)N(CCC(=O)O)C(C)C)CCC1O. The average Bonchev–Trinajstić information content (AvgIpc) is 2.31. The number of carbonyl (C=O) groups excluding carboxylic acids is 1. The van der Waals surface area contributed by atoms with Crippen molar-refractivity contribution in [2.75, 3.05) is 19.6 Å². The van der Waals surface area contributed by atoms with E-state index in [0.29, 0.717) is 19.5 Å². The highest BCUT2D eigenvalue weighted by Crippen LogP contribution is 2.18. The fraction of sp³-hybridized carbons (Fsp3) is 0.846. The Morgan fingerprint density at radius 3 is 2.53 bits per heavy atom. The zero-order chi connectivity index (χ0) is 14.6. The maximum atomic E-state index is 12.4. The van der Waals surface area contributed by atoms with Gasteiger partial charge in [0.05, 0.1) is 12.5 Å². The molecule has 0 radical (unpaired) electrons. The Labute approximate surface area is 114 Å². The first-order valence-corrected chi connectivity index (χ1v) is 6.78. The molecule has 1 aliphatic rings. The largest absolute Gasteiger partial charge is 0.481 e. The van der Waals surface area contributed by atoms with E-state index in [-0.39, 0.29) is 37.1 Å². The molecule has 1 rings (SSSR count). The molecule has 2 N–H and O–H groups in total. The molecule has 1 saturated heterocycles. The van der Waals surface area contributed by atoms with E-state index < -0.39 is 5.97 Å². The van der Waals surface area contributed by atoms with Gasteiger partial charge in [-0.15, -0.1) is 0 Å². The molecule has 1 fully saturated rings. The molecule has 2 atom stereocenters. The molecule has 0 saturated carbocycles. The topological polar surface area (TPSA) is 81.1 Å². The smallest absolute Gasteiger partial charge is 0.320 e. The number of aliphatic hydroxyl groups excluding tert-OH is 1. The van der Waals surface area contributed by atoms with E-state index in [1.54, 1.807) is 9.80 Å². The summed E-state index contributed by atoms with van der Waals surface area (Å²) in [6, 6.07) is -0.163. The number of aliphatic hydroxyl groups is 1. The first-order chi connectivity index (χ1) is 8.82. The van der Waals surface area contributed by atoms with Crippen molar-refractivity contribution >= 4 is 12.0 Å². The zero-order valence-corrected chi connectivity index (χ0v) is 11.9. The highest BCUT2D eigenvalue weighted by Gasteiger charge is 2.30. The predicted octanol–water partition coefficient (Wildman–Crippen LogP) is 0.994. The molecule has 6 heteroatoms. The lowest BCUT2D eigenvalue weighted by atomic mass is 9.97. The Bertz CT molecular complexity index is 333. The minimum absolute atomic E-state index is 0.0333. The lowest BCUT2D eigenvalue weighted by Crippen LogP contribution is -2.52. The number of amides is 2. The molecule has 0 bridgehead atoms. The Hall–Kier alpha value is -1.30. The van der Waals surface area contributed by atoms with Crippen LogP contribution in [0.1, 0.15) is 33.6 Å². The van der Waals surface area contributed by atoms with Gasteiger partial charge in [-0.1, -0.05) is 6.92 Å². The standard InChI is InChI=1S/C13H24N2O4/c1-9(2)15(7-5-12(17)18)13(19)14-6-4-11(16)10(3)8-14/h9-11,16H,4-8H2,1-3H3,(H,17,18). The monoisotopic (exact) mass is 272 g/mol. The molecule has 19 heavy (non-hydrogen) atoms. The molecule has 0 aromatic carbocycles. The summed E-state index contributed by atoms with van der Waals surface area (Å²) >= 11 is 0.